The van der Waals surface area contributed by atoms with Gasteiger partial charge in [-0.1, -0.05) is 17.7 Å². The number of nitrogens with one attached hydrogen (secondary N) is 1. The fourth-order valence-electron chi connectivity index (χ4n) is 2.54. The van der Waals surface area contributed by atoms with E-state index in [0.29, 0.717) is 17.3 Å². The number of carbonyl (C=O) groups excluding carboxylic acids is 2. The van der Waals surface area contributed by atoms with Crippen LogP contribution in [0.1, 0.15) is 25.3 Å². The van der Waals surface area contributed by atoms with E-state index < -0.39 is 0 Å². The van der Waals surface area contributed by atoms with Crippen LogP contribution in [0.4, 0.5) is 10.5 Å². The van der Waals surface area contributed by atoms with Gasteiger partial charge in [-0.3, -0.25) is 4.79 Å². The molecule has 114 valence electrons. The number of hydrogen-bond acceptors (Lipinski definition) is 2. The summed E-state index contributed by atoms with van der Waals surface area (Å²) < 4.78 is 0. The van der Waals surface area contributed by atoms with Gasteiger partial charge in [-0.25, -0.2) is 4.79 Å². The SMILES string of the molecule is Cc1ccc(Cl)c(NC(=O)N2C[C@H](C(N)=O)CC[C@@H]2C)c1. The predicted octanol–water partition coefficient (Wildman–Crippen LogP) is 2.77. The number of carbonyl (C=O) groups is 2. The summed E-state index contributed by atoms with van der Waals surface area (Å²) in [5.74, 6) is -0.631. The fourth-order valence-corrected chi connectivity index (χ4v) is 2.71. The fraction of sp³-hybridized carbons (Fsp3) is 0.467. The standard InChI is InChI=1S/C15H20ClN3O2/c1-9-3-6-12(16)13(7-9)18-15(21)19-8-11(14(17)20)5-4-10(19)2/h3,6-7,10-11H,4-5,8H2,1-2H3,(H2,17,20)(H,18,21)/t10-,11+/m0/s1. The first-order valence-electron chi connectivity index (χ1n) is 7.01. The van der Waals surface area contributed by atoms with E-state index in [1.165, 1.54) is 0 Å². The molecule has 0 bridgehead atoms. The maximum atomic E-state index is 12.4. The molecule has 0 unspecified atom stereocenters. The Morgan fingerprint density at radius 2 is 2.10 bits per heavy atom. The van der Waals surface area contributed by atoms with Crippen LogP contribution in [-0.4, -0.2) is 29.4 Å². The van der Waals surface area contributed by atoms with Gasteiger partial charge in [-0.05, 0) is 44.4 Å². The molecule has 0 aromatic heterocycles. The van der Waals surface area contributed by atoms with Crippen molar-refractivity contribution in [3.8, 4) is 0 Å². The number of primary amides is 1. The van der Waals surface area contributed by atoms with Crippen molar-refractivity contribution in [2.75, 3.05) is 11.9 Å². The molecule has 1 saturated heterocycles. The van der Waals surface area contributed by atoms with Crippen LogP contribution in [-0.2, 0) is 4.79 Å². The summed E-state index contributed by atoms with van der Waals surface area (Å²) in [6.07, 6.45) is 1.49. The molecule has 1 aromatic carbocycles. The third kappa shape index (κ3) is 3.67. The van der Waals surface area contributed by atoms with Crippen LogP contribution in [0, 0.1) is 12.8 Å². The first kappa shape index (κ1) is 15.6. The monoisotopic (exact) mass is 309 g/mol. The van der Waals surface area contributed by atoms with Crippen molar-refractivity contribution in [3.05, 3.63) is 28.8 Å². The third-order valence-corrected chi connectivity index (χ3v) is 4.24. The molecule has 1 heterocycles. The van der Waals surface area contributed by atoms with Crippen molar-refractivity contribution in [1.29, 1.82) is 0 Å². The molecule has 21 heavy (non-hydrogen) atoms. The normalized spacial score (nSPS) is 22.0. The molecule has 0 radical (unpaired) electrons. The molecule has 3 amide bonds. The van der Waals surface area contributed by atoms with Gasteiger partial charge in [0.25, 0.3) is 0 Å². The summed E-state index contributed by atoms with van der Waals surface area (Å²) in [6, 6.07) is 5.27. The summed E-state index contributed by atoms with van der Waals surface area (Å²) in [5, 5.41) is 3.30. The number of amides is 3. The lowest BCUT2D eigenvalue weighted by molar-refractivity contribution is -0.123. The average molecular weight is 310 g/mol. The van der Waals surface area contributed by atoms with Gasteiger partial charge in [0.1, 0.15) is 0 Å². The second-order valence-electron chi connectivity index (χ2n) is 5.59. The number of nitrogens with zero attached hydrogens (tertiary/aromatic N) is 1. The first-order chi connectivity index (χ1) is 9.88. The molecule has 2 atom stereocenters. The molecule has 5 nitrogen and oxygen atoms in total. The Balaban J connectivity index is 2.11. The van der Waals surface area contributed by atoms with E-state index in [1.807, 2.05) is 26.0 Å². The number of rotatable bonds is 2. The number of urea groups is 1. The molecular formula is C15H20ClN3O2. The molecule has 3 N–H and O–H groups in total. The summed E-state index contributed by atoms with van der Waals surface area (Å²) in [4.78, 5) is 25.4. The number of anilines is 1. The molecule has 0 spiro atoms. The molecule has 1 aliphatic heterocycles. The third-order valence-electron chi connectivity index (χ3n) is 3.91. The van der Waals surface area contributed by atoms with Crippen LogP contribution < -0.4 is 11.1 Å². The molecule has 2 rings (SSSR count). The summed E-state index contributed by atoms with van der Waals surface area (Å²) in [6.45, 7) is 4.25. The van der Waals surface area contributed by atoms with Gasteiger partial charge >= 0.3 is 6.03 Å². The summed E-state index contributed by atoms with van der Waals surface area (Å²) in [7, 11) is 0. The lowest BCUT2D eigenvalue weighted by Crippen LogP contribution is -2.50. The zero-order valence-electron chi connectivity index (χ0n) is 12.2. The molecule has 1 aliphatic rings. The van der Waals surface area contributed by atoms with E-state index in [1.54, 1.807) is 11.0 Å². The summed E-state index contributed by atoms with van der Waals surface area (Å²) >= 11 is 6.09. The van der Waals surface area contributed by atoms with E-state index in [4.69, 9.17) is 17.3 Å². The highest BCUT2D eigenvalue weighted by Crippen LogP contribution is 2.26. The van der Waals surface area contributed by atoms with E-state index in [0.717, 1.165) is 18.4 Å². The highest BCUT2D eigenvalue weighted by atomic mass is 35.5. The zero-order valence-corrected chi connectivity index (χ0v) is 13.0. The second kappa shape index (κ2) is 6.35. The predicted molar refractivity (Wildman–Crippen MR) is 83.3 cm³/mol. The largest absolute Gasteiger partial charge is 0.369 e. The molecule has 0 aliphatic carbocycles. The number of hydrogen-bond donors (Lipinski definition) is 2. The minimum Gasteiger partial charge on any atom is -0.369 e. The molecule has 6 heteroatoms. The minimum atomic E-state index is -0.353. The van der Waals surface area contributed by atoms with Crippen molar-refractivity contribution in [1.82, 2.24) is 4.90 Å². The maximum absolute atomic E-state index is 12.4. The Morgan fingerprint density at radius 1 is 1.38 bits per heavy atom. The van der Waals surface area contributed by atoms with Crippen molar-refractivity contribution in [2.24, 2.45) is 11.7 Å². The summed E-state index contributed by atoms with van der Waals surface area (Å²) in [5.41, 5.74) is 6.94. The number of nitrogens with two attached hydrogens (primary N) is 1. The maximum Gasteiger partial charge on any atom is 0.322 e. The van der Waals surface area contributed by atoms with Crippen molar-refractivity contribution in [2.45, 2.75) is 32.7 Å². The lowest BCUT2D eigenvalue weighted by Gasteiger charge is -2.36. The average Bonchev–Trinajstić information content (AvgIpc) is 2.43. The van der Waals surface area contributed by atoms with Gasteiger partial charge < -0.3 is 16.0 Å². The highest BCUT2D eigenvalue weighted by Gasteiger charge is 2.31. The minimum absolute atomic E-state index is 0.0733. The zero-order chi connectivity index (χ0) is 15.6. The number of halogens is 1. The lowest BCUT2D eigenvalue weighted by atomic mass is 9.93. The van der Waals surface area contributed by atoms with Gasteiger partial charge in [0, 0.05) is 12.6 Å². The molecule has 0 saturated carbocycles. The highest BCUT2D eigenvalue weighted by molar-refractivity contribution is 6.33. The number of aryl methyl sites for hydroxylation is 1. The van der Waals surface area contributed by atoms with Crippen LogP contribution in [0.15, 0.2) is 18.2 Å². The molecule has 1 fully saturated rings. The van der Waals surface area contributed by atoms with Crippen LogP contribution in [0.5, 0.6) is 0 Å². The van der Waals surface area contributed by atoms with Crippen LogP contribution >= 0.6 is 11.6 Å². The molecule has 1 aromatic rings. The van der Waals surface area contributed by atoms with E-state index >= 15 is 0 Å². The Kier molecular flexibility index (Phi) is 4.73. The Labute approximate surface area is 129 Å². The van der Waals surface area contributed by atoms with Crippen LogP contribution in [0.2, 0.25) is 5.02 Å². The quantitative estimate of drug-likeness (QED) is 0.881. The van der Waals surface area contributed by atoms with E-state index in [9.17, 15) is 9.59 Å². The molecular weight excluding hydrogens is 290 g/mol. The Morgan fingerprint density at radius 3 is 2.76 bits per heavy atom. The van der Waals surface area contributed by atoms with Gasteiger partial charge in [0.05, 0.1) is 16.6 Å². The van der Waals surface area contributed by atoms with Crippen molar-refractivity contribution >= 4 is 29.2 Å². The Hall–Kier alpha value is -1.75. The van der Waals surface area contributed by atoms with Crippen LogP contribution in [0.3, 0.4) is 0 Å². The second-order valence-corrected chi connectivity index (χ2v) is 6.00. The van der Waals surface area contributed by atoms with E-state index in [-0.39, 0.29) is 23.9 Å². The van der Waals surface area contributed by atoms with Crippen LogP contribution in [0.25, 0.3) is 0 Å². The topological polar surface area (TPSA) is 75.4 Å². The Bertz CT molecular complexity index is 562. The van der Waals surface area contributed by atoms with E-state index in [2.05, 4.69) is 5.32 Å². The number of likely N-dealkylation sites (tertiary alicyclic amines) is 1. The van der Waals surface area contributed by atoms with Gasteiger partial charge in [0.15, 0.2) is 0 Å². The number of piperidine rings is 1. The van der Waals surface area contributed by atoms with Crippen molar-refractivity contribution in [3.63, 3.8) is 0 Å². The first-order valence-corrected chi connectivity index (χ1v) is 7.39. The van der Waals surface area contributed by atoms with Gasteiger partial charge in [-0.2, -0.15) is 0 Å². The number of benzene rings is 1. The van der Waals surface area contributed by atoms with Crippen molar-refractivity contribution < 1.29 is 9.59 Å². The van der Waals surface area contributed by atoms with Gasteiger partial charge in [0.2, 0.25) is 5.91 Å². The van der Waals surface area contributed by atoms with Gasteiger partial charge in [-0.15, -0.1) is 0 Å². The smallest absolute Gasteiger partial charge is 0.322 e.